The summed E-state index contributed by atoms with van der Waals surface area (Å²) in [7, 11) is 0. The van der Waals surface area contributed by atoms with Gasteiger partial charge in [0.25, 0.3) is 5.91 Å². The number of hydrogen-bond donors (Lipinski definition) is 0. The van der Waals surface area contributed by atoms with E-state index in [1.807, 2.05) is 17.9 Å². The number of carbonyl (C=O) groups is 1. The Balaban J connectivity index is 1.45. The fourth-order valence-corrected chi connectivity index (χ4v) is 4.15. The molecule has 0 aromatic carbocycles. The van der Waals surface area contributed by atoms with E-state index >= 15 is 0 Å². The van der Waals surface area contributed by atoms with E-state index in [0.29, 0.717) is 31.3 Å². The van der Waals surface area contributed by atoms with Gasteiger partial charge in [-0.15, -0.1) is 0 Å². The predicted octanol–water partition coefficient (Wildman–Crippen LogP) is 2.63. The van der Waals surface area contributed by atoms with E-state index in [2.05, 4.69) is 34.0 Å². The van der Waals surface area contributed by atoms with Crippen LogP contribution in [-0.4, -0.2) is 75.3 Å². The lowest BCUT2D eigenvalue weighted by atomic mass is 10.1. The first-order valence-electron chi connectivity index (χ1n) is 11.4. The Labute approximate surface area is 183 Å². The molecule has 2 fully saturated rings. The molecule has 9 nitrogen and oxygen atoms in total. The third-order valence-corrected chi connectivity index (χ3v) is 6.21. The van der Waals surface area contributed by atoms with Crippen molar-refractivity contribution in [1.29, 1.82) is 0 Å². The Kier molecular flexibility index (Phi) is 6.80. The highest BCUT2D eigenvalue weighted by molar-refractivity contribution is 5.92. The lowest BCUT2D eigenvalue weighted by Crippen LogP contribution is -2.48. The molecule has 0 bridgehead atoms. The Hall–Kier alpha value is -2.55. The summed E-state index contributed by atoms with van der Waals surface area (Å²) in [5, 5.41) is 7.81. The molecular formula is C22H33N7O2. The van der Waals surface area contributed by atoms with Gasteiger partial charge in [-0.2, -0.15) is 0 Å². The summed E-state index contributed by atoms with van der Waals surface area (Å²) in [6.45, 7) is 11.7. The molecule has 0 N–H and O–H groups in total. The maximum absolute atomic E-state index is 13.3. The van der Waals surface area contributed by atoms with Crippen molar-refractivity contribution in [1.82, 2.24) is 30.1 Å². The highest BCUT2D eigenvalue weighted by atomic mass is 16.6. The van der Waals surface area contributed by atoms with E-state index in [9.17, 15) is 4.79 Å². The first-order valence-corrected chi connectivity index (χ1v) is 11.4. The number of carbonyl (C=O) groups excluding carboxylic acids is 1. The monoisotopic (exact) mass is 427 g/mol. The maximum Gasteiger partial charge on any atom is 0.272 e. The van der Waals surface area contributed by atoms with Crippen LogP contribution in [-0.2, 0) is 6.54 Å². The Morgan fingerprint density at radius 1 is 1.00 bits per heavy atom. The van der Waals surface area contributed by atoms with Crippen LogP contribution in [0.2, 0.25) is 0 Å². The van der Waals surface area contributed by atoms with E-state index in [4.69, 9.17) is 14.6 Å². The van der Waals surface area contributed by atoms with Crippen molar-refractivity contribution in [2.45, 2.75) is 58.9 Å². The van der Waals surface area contributed by atoms with Crippen molar-refractivity contribution in [2.75, 3.05) is 44.2 Å². The minimum Gasteiger partial charge on any atom is -0.341 e. The number of anilines is 1. The van der Waals surface area contributed by atoms with Gasteiger partial charge in [-0.05, 0) is 31.7 Å². The van der Waals surface area contributed by atoms with Gasteiger partial charge in [0.2, 0.25) is 5.95 Å². The first-order chi connectivity index (χ1) is 15.0. The molecule has 2 aromatic heterocycles. The second-order valence-electron chi connectivity index (χ2n) is 8.90. The fraction of sp³-hybridized carbons (Fsp3) is 0.682. The van der Waals surface area contributed by atoms with Crippen molar-refractivity contribution in [2.24, 2.45) is 0 Å². The minimum absolute atomic E-state index is 0.000643. The number of aromatic nitrogens is 4. The van der Waals surface area contributed by atoms with Crippen molar-refractivity contribution in [3.8, 4) is 0 Å². The summed E-state index contributed by atoms with van der Waals surface area (Å²) in [5.41, 5.74) is 3.13. The van der Waals surface area contributed by atoms with Crippen molar-refractivity contribution >= 4 is 11.9 Å². The van der Waals surface area contributed by atoms with E-state index in [1.165, 1.54) is 12.8 Å². The standard InChI is InChI=1S/C22H33N7O2/c1-16(2)18-14-19(24-22(23-18)29-8-6-4-5-7-9-29)21(30)28-12-10-27(11-13-28)15-20-17(3)25-31-26-20/h14,16H,4-13,15H2,1-3H3. The van der Waals surface area contributed by atoms with Gasteiger partial charge in [-0.1, -0.05) is 37.0 Å². The van der Waals surface area contributed by atoms with Crippen molar-refractivity contribution in [3.63, 3.8) is 0 Å². The number of piperazine rings is 1. The summed E-state index contributed by atoms with van der Waals surface area (Å²) in [6, 6.07) is 1.88. The minimum atomic E-state index is -0.000643. The topological polar surface area (TPSA) is 91.5 Å². The van der Waals surface area contributed by atoms with Crippen LogP contribution in [0.5, 0.6) is 0 Å². The molecule has 2 aromatic rings. The molecule has 2 saturated heterocycles. The molecule has 4 rings (SSSR count). The quantitative estimate of drug-likeness (QED) is 0.719. The number of rotatable bonds is 5. The van der Waals surface area contributed by atoms with Crippen LogP contribution in [0.3, 0.4) is 0 Å². The largest absolute Gasteiger partial charge is 0.341 e. The van der Waals surface area contributed by atoms with Gasteiger partial charge in [-0.25, -0.2) is 14.6 Å². The van der Waals surface area contributed by atoms with Crippen LogP contribution in [0, 0.1) is 6.92 Å². The smallest absolute Gasteiger partial charge is 0.272 e. The Morgan fingerprint density at radius 3 is 2.32 bits per heavy atom. The van der Waals surface area contributed by atoms with Gasteiger partial charge >= 0.3 is 0 Å². The van der Waals surface area contributed by atoms with Crippen LogP contribution >= 0.6 is 0 Å². The fourth-order valence-electron chi connectivity index (χ4n) is 4.15. The normalized spacial score (nSPS) is 18.5. The van der Waals surface area contributed by atoms with Crippen LogP contribution in [0.4, 0.5) is 5.95 Å². The lowest BCUT2D eigenvalue weighted by Gasteiger charge is -2.34. The second kappa shape index (κ2) is 9.72. The molecule has 9 heteroatoms. The molecular weight excluding hydrogens is 394 g/mol. The van der Waals surface area contributed by atoms with Gasteiger partial charge in [-0.3, -0.25) is 9.69 Å². The molecule has 2 aliphatic heterocycles. The highest BCUT2D eigenvalue weighted by Gasteiger charge is 2.26. The average molecular weight is 428 g/mol. The van der Waals surface area contributed by atoms with Gasteiger partial charge in [0.05, 0.1) is 0 Å². The second-order valence-corrected chi connectivity index (χ2v) is 8.90. The Bertz CT molecular complexity index is 882. The van der Waals surface area contributed by atoms with Crippen LogP contribution in [0.1, 0.15) is 73.0 Å². The van der Waals surface area contributed by atoms with Crippen molar-refractivity contribution < 1.29 is 9.42 Å². The summed E-state index contributed by atoms with van der Waals surface area (Å²) in [6.07, 6.45) is 4.81. The maximum atomic E-state index is 13.3. The number of nitrogens with zero attached hydrogens (tertiary/aromatic N) is 7. The Morgan fingerprint density at radius 2 is 1.71 bits per heavy atom. The molecule has 31 heavy (non-hydrogen) atoms. The van der Waals surface area contributed by atoms with Gasteiger partial charge in [0.1, 0.15) is 17.1 Å². The zero-order chi connectivity index (χ0) is 21.8. The molecule has 0 radical (unpaired) electrons. The molecule has 0 spiro atoms. The molecule has 1 amide bonds. The zero-order valence-corrected chi connectivity index (χ0v) is 18.9. The summed E-state index contributed by atoms with van der Waals surface area (Å²) >= 11 is 0. The number of hydrogen-bond acceptors (Lipinski definition) is 8. The van der Waals surface area contributed by atoms with Crippen LogP contribution < -0.4 is 4.90 Å². The van der Waals surface area contributed by atoms with Crippen molar-refractivity contribution in [3.05, 3.63) is 28.8 Å². The third-order valence-electron chi connectivity index (χ3n) is 6.21. The predicted molar refractivity (Wildman–Crippen MR) is 117 cm³/mol. The SMILES string of the molecule is Cc1nonc1CN1CCN(C(=O)c2cc(C(C)C)nc(N3CCCCCC3)n2)CC1. The van der Waals surface area contributed by atoms with Gasteiger partial charge in [0, 0.05) is 51.5 Å². The number of aryl methyl sites for hydroxylation is 1. The number of amides is 1. The molecule has 0 aliphatic carbocycles. The van der Waals surface area contributed by atoms with E-state index in [1.54, 1.807) is 0 Å². The molecule has 168 valence electrons. The average Bonchev–Trinajstić information content (AvgIpc) is 3.02. The molecule has 0 atom stereocenters. The van der Waals surface area contributed by atoms with Gasteiger partial charge in [0.15, 0.2) is 0 Å². The molecule has 0 saturated carbocycles. The van der Waals surface area contributed by atoms with E-state index in [-0.39, 0.29) is 11.8 Å². The summed E-state index contributed by atoms with van der Waals surface area (Å²) in [4.78, 5) is 29.3. The summed E-state index contributed by atoms with van der Waals surface area (Å²) in [5.74, 6) is 0.958. The molecule has 0 unspecified atom stereocenters. The molecule has 2 aliphatic rings. The lowest BCUT2D eigenvalue weighted by molar-refractivity contribution is 0.0619. The highest BCUT2D eigenvalue weighted by Crippen LogP contribution is 2.21. The summed E-state index contributed by atoms with van der Waals surface area (Å²) < 4.78 is 4.79. The molecule has 4 heterocycles. The van der Waals surface area contributed by atoms with Crippen LogP contribution in [0.15, 0.2) is 10.7 Å². The van der Waals surface area contributed by atoms with E-state index < -0.39 is 0 Å². The zero-order valence-electron chi connectivity index (χ0n) is 18.9. The first kappa shape index (κ1) is 21.7. The van der Waals surface area contributed by atoms with E-state index in [0.717, 1.165) is 56.1 Å². The van der Waals surface area contributed by atoms with Crippen LogP contribution in [0.25, 0.3) is 0 Å². The third kappa shape index (κ3) is 5.20. The van der Waals surface area contributed by atoms with Gasteiger partial charge < -0.3 is 9.80 Å².